The molecule has 0 fully saturated rings. The third kappa shape index (κ3) is 2.11. The number of carbonyl (C=O) groups is 1. The molecule has 96 valence electrons. The molecule has 1 N–H and O–H groups in total. The van der Waals surface area contributed by atoms with Crippen LogP contribution in [0.2, 0.25) is 0 Å². The molecule has 2 rings (SSSR count). The number of carboxylic acid groups (broad SMARTS) is 1. The lowest BCUT2D eigenvalue weighted by Crippen LogP contribution is -2.04. The third-order valence-corrected chi connectivity index (χ3v) is 2.42. The number of carboxylic acids is 1. The molecule has 0 radical (unpaired) electrons. The van der Waals surface area contributed by atoms with Crippen LogP contribution in [0, 0.1) is 0 Å². The van der Waals surface area contributed by atoms with Gasteiger partial charge in [-0.2, -0.15) is 0 Å². The number of furan rings is 1. The van der Waals surface area contributed by atoms with E-state index in [-0.39, 0.29) is 17.8 Å². The van der Waals surface area contributed by atoms with Crippen molar-refractivity contribution in [2.45, 2.75) is 20.0 Å². The minimum absolute atomic E-state index is 0.0944. The molecule has 18 heavy (non-hydrogen) atoms. The maximum absolute atomic E-state index is 11.1. The zero-order valence-electron chi connectivity index (χ0n) is 10.4. The summed E-state index contributed by atoms with van der Waals surface area (Å²) >= 11 is 0. The molecule has 0 unspecified atom stereocenters. The number of methoxy groups -OCH3 is 1. The SMILES string of the molecule is COc1ccc2c(OC(C)C)oc(C(=O)O)c2c1. The maximum Gasteiger partial charge on any atom is 0.372 e. The van der Waals surface area contributed by atoms with Crippen LogP contribution < -0.4 is 9.47 Å². The Labute approximate surface area is 104 Å². The van der Waals surface area contributed by atoms with E-state index in [9.17, 15) is 4.79 Å². The second-order valence-electron chi connectivity index (χ2n) is 4.10. The summed E-state index contributed by atoms with van der Waals surface area (Å²) < 4.78 is 15.8. The second-order valence-corrected chi connectivity index (χ2v) is 4.10. The highest BCUT2D eigenvalue weighted by Gasteiger charge is 2.20. The Morgan fingerprint density at radius 3 is 2.61 bits per heavy atom. The average Bonchev–Trinajstić information content (AvgIpc) is 2.66. The summed E-state index contributed by atoms with van der Waals surface area (Å²) in [5, 5.41) is 10.2. The first-order chi connectivity index (χ1) is 8.52. The van der Waals surface area contributed by atoms with Gasteiger partial charge < -0.3 is 19.0 Å². The van der Waals surface area contributed by atoms with Crippen molar-refractivity contribution < 1.29 is 23.8 Å². The van der Waals surface area contributed by atoms with E-state index in [1.54, 1.807) is 18.2 Å². The first kappa shape index (κ1) is 12.3. The van der Waals surface area contributed by atoms with Crippen LogP contribution in [0.5, 0.6) is 11.7 Å². The molecule has 5 heteroatoms. The van der Waals surface area contributed by atoms with Crippen molar-refractivity contribution >= 4 is 16.7 Å². The molecule has 0 saturated heterocycles. The lowest BCUT2D eigenvalue weighted by atomic mass is 10.1. The van der Waals surface area contributed by atoms with E-state index in [1.807, 2.05) is 13.8 Å². The van der Waals surface area contributed by atoms with Gasteiger partial charge in [0.15, 0.2) is 0 Å². The summed E-state index contributed by atoms with van der Waals surface area (Å²) in [7, 11) is 1.52. The molecule has 2 aromatic rings. The van der Waals surface area contributed by atoms with Crippen LogP contribution >= 0.6 is 0 Å². The highest BCUT2D eigenvalue weighted by Crippen LogP contribution is 2.35. The Kier molecular flexibility index (Phi) is 3.14. The van der Waals surface area contributed by atoms with Gasteiger partial charge in [0.2, 0.25) is 5.76 Å². The summed E-state index contributed by atoms with van der Waals surface area (Å²) in [5.74, 6) is -0.478. The van der Waals surface area contributed by atoms with Gasteiger partial charge in [0.25, 0.3) is 5.95 Å². The number of aromatic carboxylic acids is 1. The van der Waals surface area contributed by atoms with Crippen molar-refractivity contribution in [3.63, 3.8) is 0 Å². The summed E-state index contributed by atoms with van der Waals surface area (Å²) in [6, 6.07) is 5.08. The zero-order valence-corrected chi connectivity index (χ0v) is 10.4. The summed E-state index contributed by atoms with van der Waals surface area (Å²) in [6.45, 7) is 3.69. The van der Waals surface area contributed by atoms with Crippen molar-refractivity contribution in [2.75, 3.05) is 7.11 Å². The number of hydrogen-bond donors (Lipinski definition) is 1. The van der Waals surface area contributed by atoms with Crippen LogP contribution in [-0.2, 0) is 0 Å². The Hall–Kier alpha value is -2.17. The van der Waals surface area contributed by atoms with Crippen LogP contribution in [0.25, 0.3) is 10.8 Å². The first-order valence-corrected chi connectivity index (χ1v) is 5.53. The number of benzene rings is 1. The van der Waals surface area contributed by atoms with Gasteiger partial charge in [0, 0.05) is 5.39 Å². The van der Waals surface area contributed by atoms with Crippen LogP contribution in [0.15, 0.2) is 22.6 Å². The molecule has 1 heterocycles. The van der Waals surface area contributed by atoms with Gasteiger partial charge in [-0.25, -0.2) is 4.79 Å². The minimum atomic E-state index is -1.13. The standard InChI is InChI=1S/C13H14O5/c1-7(2)17-13-9-5-4-8(16-3)6-10(9)11(18-13)12(14)15/h4-7H,1-3H3,(H,14,15). The van der Waals surface area contributed by atoms with E-state index in [1.165, 1.54) is 7.11 Å². The van der Waals surface area contributed by atoms with Crippen LogP contribution in [-0.4, -0.2) is 24.3 Å². The fourth-order valence-corrected chi connectivity index (χ4v) is 1.68. The fraction of sp³-hybridized carbons (Fsp3) is 0.308. The Bertz CT molecular complexity index is 582. The largest absolute Gasteiger partial charge is 0.497 e. The molecule has 0 aliphatic carbocycles. The molecule has 0 aliphatic rings. The molecule has 0 saturated carbocycles. The average molecular weight is 250 g/mol. The van der Waals surface area contributed by atoms with E-state index in [0.717, 1.165) is 0 Å². The minimum Gasteiger partial charge on any atom is -0.497 e. The van der Waals surface area contributed by atoms with Crippen molar-refractivity contribution in [3.05, 3.63) is 24.0 Å². The van der Waals surface area contributed by atoms with Gasteiger partial charge >= 0.3 is 5.97 Å². The van der Waals surface area contributed by atoms with Gasteiger partial charge in [0.05, 0.1) is 18.6 Å². The maximum atomic E-state index is 11.1. The number of fused-ring (bicyclic) bond motifs is 1. The normalized spacial score (nSPS) is 10.9. The van der Waals surface area contributed by atoms with E-state index < -0.39 is 5.97 Å². The first-order valence-electron chi connectivity index (χ1n) is 5.53. The van der Waals surface area contributed by atoms with E-state index in [4.69, 9.17) is 19.0 Å². The predicted molar refractivity (Wildman–Crippen MR) is 65.5 cm³/mol. The zero-order chi connectivity index (χ0) is 13.3. The van der Waals surface area contributed by atoms with Crippen molar-refractivity contribution in [1.82, 2.24) is 0 Å². The van der Waals surface area contributed by atoms with E-state index >= 15 is 0 Å². The molecular weight excluding hydrogens is 236 g/mol. The van der Waals surface area contributed by atoms with Crippen LogP contribution in [0.1, 0.15) is 24.4 Å². The summed E-state index contributed by atoms with van der Waals surface area (Å²) in [5.41, 5.74) is 0. The molecule has 1 aromatic carbocycles. The Morgan fingerprint density at radius 1 is 1.33 bits per heavy atom. The third-order valence-electron chi connectivity index (χ3n) is 2.42. The van der Waals surface area contributed by atoms with E-state index in [0.29, 0.717) is 16.5 Å². The number of ether oxygens (including phenoxy) is 2. The van der Waals surface area contributed by atoms with E-state index in [2.05, 4.69) is 0 Å². The highest BCUT2D eigenvalue weighted by molar-refractivity contribution is 6.04. The molecule has 0 amide bonds. The lowest BCUT2D eigenvalue weighted by molar-refractivity contribution is 0.0652. The van der Waals surface area contributed by atoms with Gasteiger partial charge in [-0.3, -0.25) is 0 Å². The monoisotopic (exact) mass is 250 g/mol. The number of rotatable bonds is 4. The molecule has 0 spiro atoms. The quantitative estimate of drug-likeness (QED) is 0.903. The summed E-state index contributed by atoms with van der Waals surface area (Å²) in [6.07, 6.45) is -0.0944. The molecule has 0 atom stereocenters. The molecule has 0 bridgehead atoms. The topological polar surface area (TPSA) is 68.9 Å². The highest BCUT2D eigenvalue weighted by atomic mass is 16.6. The van der Waals surface area contributed by atoms with Crippen LogP contribution in [0.4, 0.5) is 0 Å². The van der Waals surface area contributed by atoms with Gasteiger partial charge in [0.1, 0.15) is 5.75 Å². The molecule has 5 nitrogen and oxygen atoms in total. The fourth-order valence-electron chi connectivity index (χ4n) is 1.68. The van der Waals surface area contributed by atoms with Gasteiger partial charge in [-0.1, -0.05) is 0 Å². The van der Waals surface area contributed by atoms with Crippen molar-refractivity contribution in [1.29, 1.82) is 0 Å². The second kappa shape index (κ2) is 4.60. The molecule has 0 aliphatic heterocycles. The Balaban J connectivity index is 2.64. The molecular formula is C13H14O5. The lowest BCUT2D eigenvalue weighted by Gasteiger charge is -2.06. The Morgan fingerprint density at radius 2 is 2.06 bits per heavy atom. The van der Waals surface area contributed by atoms with Gasteiger partial charge in [-0.05, 0) is 32.0 Å². The molecule has 1 aromatic heterocycles. The van der Waals surface area contributed by atoms with Gasteiger partial charge in [-0.15, -0.1) is 0 Å². The van der Waals surface area contributed by atoms with Crippen molar-refractivity contribution in [2.24, 2.45) is 0 Å². The predicted octanol–water partition coefficient (Wildman–Crippen LogP) is 2.93. The van der Waals surface area contributed by atoms with Crippen molar-refractivity contribution in [3.8, 4) is 11.7 Å². The van der Waals surface area contributed by atoms with Crippen LogP contribution in [0.3, 0.4) is 0 Å². The summed E-state index contributed by atoms with van der Waals surface area (Å²) in [4.78, 5) is 11.1. The number of hydrogen-bond acceptors (Lipinski definition) is 4. The smallest absolute Gasteiger partial charge is 0.372 e.